The van der Waals surface area contributed by atoms with Gasteiger partial charge in [-0.3, -0.25) is 4.98 Å². The molecular formula is C15H10ClFIN3. The van der Waals surface area contributed by atoms with Gasteiger partial charge >= 0.3 is 0 Å². The first-order valence-corrected chi connectivity index (χ1v) is 7.56. The van der Waals surface area contributed by atoms with Crippen molar-refractivity contribution in [1.29, 1.82) is 0 Å². The Hall–Kier alpha value is -1.60. The van der Waals surface area contributed by atoms with Gasteiger partial charge < -0.3 is 11.1 Å². The summed E-state index contributed by atoms with van der Waals surface area (Å²) in [5, 5.41) is 4.22. The molecule has 3 aromatic rings. The molecule has 0 amide bonds. The van der Waals surface area contributed by atoms with Crippen molar-refractivity contribution in [2.45, 2.75) is 0 Å². The van der Waals surface area contributed by atoms with Crippen molar-refractivity contribution in [1.82, 2.24) is 4.98 Å². The molecule has 0 radical (unpaired) electrons. The third kappa shape index (κ3) is 2.75. The Kier molecular flexibility index (Phi) is 3.86. The van der Waals surface area contributed by atoms with Gasteiger partial charge in [0.15, 0.2) is 5.82 Å². The Balaban J connectivity index is 2.16. The van der Waals surface area contributed by atoms with Crippen LogP contribution in [0.25, 0.3) is 10.9 Å². The lowest BCUT2D eigenvalue weighted by Crippen LogP contribution is -2.00. The summed E-state index contributed by atoms with van der Waals surface area (Å²) in [5.74, 6) is -0.465. The number of anilines is 3. The number of aromatic nitrogens is 1. The number of nitrogens with one attached hydrogen (secondary N) is 1. The number of benzene rings is 2. The van der Waals surface area contributed by atoms with E-state index >= 15 is 0 Å². The molecule has 3 rings (SSSR count). The van der Waals surface area contributed by atoms with Crippen molar-refractivity contribution >= 4 is 62.2 Å². The van der Waals surface area contributed by atoms with E-state index in [0.717, 1.165) is 3.57 Å². The number of halogens is 3. The maximum absolute atomic E-state index is 14.2. The zero-order chi connectivity index (χ0) is 15.0. The van der Waals surface area contributed by atoms with Gasteiger partial charge in [0.1, 0.15) is 5.69 Å². The predicted octanol–water partition coefficient (Wildman–Crippen LogP) is 4.96. The van der Waals surface area contributed by atoms with E-state index in [-0.39, 0.29) is 5.69 Å². The highest BCUT2D eigenvalue weighted by Crippen LogP contribution is 2.34. The molecule has 6 heteroatoms. The number of nitrogen functional groups attached to an aromatic ring is 1. The fourth-order valence-corrected chi connectivity index (χ4v) is 2.98. The predicted molar refractivity (Wildman–Crippen MR) is 93.6 cm³/mol. The Morgan fingerprint density at radius 3 is 2.81 bits per heavy atom. The molecule has 0 fully saturated rings. The Morgan fingerprint density at radius 2 is 2.05 bits per heavy atom. The van der Waals surface area contributed by atoms with Gasteiger partial charge in [0.05, 0.1) is 16.2 Å². The van der Waals surface area contributed by atoms with Crippen LogP contribution in [0.15, 0.2) is 42.6 Å². The van der Waals surface area contributed by atoms with Gasteiger partial charge in [-0.25, -0.2) is 4.39 Å². The summed E-state index contributed by atoms with van der Waals surface area (Å²) in [7, 11) is 0. The van der Waals surface area contributed by atoms with E-state index in [1.807, 2.05) is 6.07 Å². The summed E-state index contributed by atoms with van der Waals surface area (Å²) in [5.41, 5.74) is 7.55. The lowest BCUT2D eigenvalue weighted by atomic mass is 10.1. The number of hydrogen-bond acceptors (Lipinski definition) is 3. The van der Waals surface area contributed by atoms with E-state index in [0.29, 0.717) is 27.3 Å². The number of nitrogens with two attached hydrogens (primary N) is 1. The molecule has 1 aromatic heterocycles. The molecule has 21 heavy (non-hydrogen) atoms. The van der Waals surface area contributed by atoms with Crippen molar-refractivity contribution < 1.29 is 4.39 Å². The molecule has 0 spiro atoms. The van der Waals surface area contributed by atoms with Crippen LogP contribution >= 0.6 is 34.2 Å². The van der Waals surface area contributed by atoms with Crippen LogP contribution < -0.4 is 11.1 Å². The summed E-state index contributed by atoms with van der Waals surface area (Å²) < 4.78 is 15.3. The fraction of sp³-hybridized carbons (Fsp3) is 0. The van der Waals surface area contributed by atoms with Gasteiger partial charge in [-0.2, -0.15) is 0 Å². The molecule has 3 N–H and O–H groups in total. The minimum absolute atomic E-state index is 0.267. The lowest BCUT2D eigenvalue weighted by Gasteiger charge is -2.13. The highest BCUT2D eigenvalue weighted by Gasteiger charge is 2.13. The van der Waals surface area contributed by atoms with Crippen LogP contribution in [-0.2, 0) is 0 Å². The smallest absolute Gasteiger partial charge is 0.150 e. The Labute approximate surface area is 139 Å². The molecule has 0 aliphatic heterocycles. The summed E-state index contributed by atoms with van der Waals surface area (Å²) in [4.78, 5) is 4.22. The SMILES string of the molecule is Nc1cc(F)c(Nc2ccc(I)cc2Cl)c2ncccc12. The van der Waals surface area contributed by atoms with Crippen molar-refractivity contribution in [3.63, 3.8) is 0 Å². The van der Waals surface area contributed by atoms with Gasteiger partial charge in [-0.15, -0.1) is 0 Å². The van der Waals surface area contributed by atoms with Crippen molar-refractivity contribution in [3.05, 3.63) is 57.0 Å². The first-order valence-electron chi connectivity index (χ1n) is 6.11. The molecule has 0 saturated carbocycles. The second-order valence-electron chi connectivity index (χ2n) is 4.47. The third-order valence-electron chi connectivity index (χ3n) is 3.07. The van der Waals surface area contributed by atoms with Gasteiger partial charge in [-0.1, -0.05) is 11.6 Å². The lowest BCUT2D eigenvalue weighted by molar-refractivity contribution is 0.634. The van der Waals surface area contributed by atoms with Crippen molar-refractivity contribution in [2.24, 2.45) is 0 Å². The van der Waals surface area contributed by atoms with E-state index < -0.39 is 5.82 Å². The third-order valence-corrected chi connectivity index (χ3v) is 4.05. The summed E-state index contributed by atoms with van der Waals surface area (Å²) in [6.07, 6.45) is 1.60. The number of fused-ring (bicyclic) bond motifs is 1. The van der Waals surface area contributed by atoms with Crippen LogP contribution in [0.3, 0.4) is 0 Å². The topological polar surface area (TPSA) is 50.9 Å². The molecule has 2 aromatic carbocycles. The maximum atomic E-state index is 14.2. The molecule has 1 heterocycles. The Morgan fingerprint density at radius 1 is 1.24 bits per heavy atom. The number of pyridine rings is 1. The highest BCUT2D eigenvalue weighted by molar-refractivity contribution is 14.1. The van der Waals surface area contributed by atoms with Crippen LogP contribution in [0.4, 0.5) is 21.5 Å². The average molecular weight is 414 g/mol. The summed E-state index contributed by atoms with van der Waals surface area (Å²) in [6, 6.07) is 10.3. The van der Waals surface area contributed by atoms with Gasteiger partial charge in [-0.05, 0) is 59.0 Å². The Bertz CT molecular complexity index is 839. The second kappa shape index (κ2) is 5.65. The molecular weight excluding hydrogens is 404 g/mol. The van der Waals surface area contributed by atoms with Crippen LogP contribution in [-0.4, -0.2) is 4.98 Å². The fourth-order valence-electron chi connectivity index (χ4n) is 2.08. The first-order chi connectivity index (χ1) is 10.1. The molecule has 3 nitrogen and oxygen atoms in total. The normalized spacial score (nSPS) is 10.8. The van der Waals surface area contributed by atoms with Crippen LogP contribution in [0, 0.1) is 9.39 Å². The van der Waals surface area contributed by atoms with E-state index in [1.165, 1.54) is 6.07 Å². The summed E-state index contributed by atoms with van der Waals surface area (Å²) in [6.45, 7) is 0. The van der Waals surface area contributed by atoms with E-state index in [2.05, 4.69) is 32.9 Å². The molecule has 0 aliphatic rings. The van der Waals surface area contributed by atoms with Gasteiger partial charge in [0.25, 0.3) is 0 Å². The molecule has 0 aliphatic carbocycles. The maximum Gasteiger partial charge on any atom is 0.150 e. The van der Waals surface area contributed by atoms with Crippen molar-refractivity contribution in [2.75, 3.05) is 11.1 Å². The minimum atomic E-state index is -0.465. The van der Waals surface area contributed by atoms with E-state index in [9.17, 15) is 4.39 Å². The second-order valence-corrected chi connectivity index (χ2v) is 6.12. The molecule has 0 saturated heterocycles. The average Bonchev–Trinajstić information content (AvgIpc) is 2.45. The monoisotopic (exact) mass is 413 g/mol. The largest absolute Gasteiger partial charge is 0.398 e. The van der Waals surface area contributed by atoms with Crippen LogP contribution in [0.1, 0.15) is 0 Å². The zero-order valence-corrected chi connectivity index (χ0v) is 13.6. The van der Waals surface area contributed by atoms with Crippen molar-refractivity contribution in [3.8, 4) is 0 Å². The molecule has 0 atom stereocenters. The number of rotatable bonds is 2. The number of nitrogens with zero attached hydrogens (tertiary/aromatic N) is 1. The first kappa shape index (κ1) is 14.3. The standard InChI is InChI=1S/C15H10ClFIN3/c16-10-6-8(18)3-4-13(10)21-15-11(17)7-12(19)9-2-1-5-20-14(9)15/h1-7,21H,19H2. The molecule has 0 unspecified atom stereocenters. The zero-order valence-electron chi connectivity index (χ0n) is 10.7. The van der Waals surface area contributed by atoms with Gasteiger partial charge in [0, 0.05) is 20.8 Å². The molecule has 0 bridgehead atoms. The molecule has 106 valence electrons. The van der Waals surface area contributed by atoms with Gasteiger partial charge in [0.2, 0.25) is 0 Å². The van der Waals surface area contributed by atoms with Crippen LogP contribution in [0.2, 0.25) is 5.02 Å². The summed E-state index contributed by atoms with van der Waals surface area (Å²) >= 11 is 8.34. The number of hydrogen-bond donors (Lipinski definition) is 2. The minimum Gasteiger partial charge on any atom is -0.398 e. The van der Waals surface area contributed by atoms with Crippen LogP contribution in [0.5, 0.6) is 0 Å². The quantitative estimate of drug-likeness (QED) is 0.461. The highest BCUT2D eigenvalue weighted by atomic mass is 127. The van der Waals surface area contributed by atoms with E-state index in [1.54, 1.807) is 30.5 Å². The van der Waals surface area contributed by atoms with E-state index in [4.69, 9.17) is 17.3 Å².